The molecule has 5 aliphatic carbocycles. The molecule has 1 N–H and O–H groups in total. The lowest BCUT2D eigenvalue weighted by Crippen LogP contribution is -2.51. The maximum absolute atomic E-state index is 12.5. The molecule has 0 aliphatic heterocycles. The lowest BCUT2D eigenvalue weighted by Gasteiger charge is -2.56. The van der Waals surface area contributed by atoms with E-state index in [1.54, 1.807) is 0 Å². The van der Waals surface area contributed by atoms with Gasteiger partial charge in [0.05, 0.1) is 11.8 Å². The minimum absolute atomic E-state index is 0.131. The third-order valence-corrected chi connectivity index (χ3v) is 8.22. The number of hydrogen-bond acceptors (Lipinski definition) is 5. The molecule has 142 valence electrons. The zero-order valence-corrected chi connectivity index (χ0v) is 16.2. The van der Waals surface area contributed by atoms with Gasteiger partial charge in [0.2, 0.25) is 11.1 Å². The van der Waals surface area contributed by atoms with Crippen LogP contribution in [-0.4, -0.2) is 38.4 Å². The Hall–Kier alpha value is -1.11. The van der Waals surface area contributed by atoms with E-state index in [2.05, 4.69) is 20.8 Å². The minimum atomic E-state index is 0.131. The Morgan fingerprint density at radius 1 is 1.12 bits per heavy atom. The molecule has 5 aliphatic rings. The first-order chi connectivity index (χ1) is 12.7. The summed E-state index contributed by atoms with van der Waals surface area (Å²) in [6.07, 6.45) is 13.2. The Bertz CT molecular complexity index is 633. The van der Waals surface area contributed by atoms with Crippen molar-refractivity contribution in [1.82, 2.24) is 25.5 Å². The molecule has 0 saturated heterocycles. The van der Waals surface area contributed by atoms with Gasteiger partial charge < -0.3 is 5.32 Å². The first-order valence-electron chi connectivity index (χ1n) is 10.4. The summed E-state index contributed by atoms with van der Waals surface area (Å²) in [5.74, 6) is 3.35. The molecule has 6 rings (SSSR count). The normalized spacial score (nSPS) is 35.9. The SMILES string of the molecule is O=C(CSc1nnnn1C1CCCC1)NCC12CC3CC(CC(C3)C1)C2. The molecule has 26 heavy (non-hydrogen) atoms. The van der Waals surface area contributed by atoms with Crippen molar-refractivity contribution < 1.29 is 4.79 Å². The zero-order chi connectivity index (χ0) is 17.6. The second-order valence-corrected chi connectivity index (χ2v) is 10.3. The average molecular weight is 376 g/mol. The molecule has 4 bridgehead atoms. The Labute approximate surface area is 159 Å². The van der Waals surface area contributed by atoms with Crippen LogP contribution in [0.3, 0.4) is 0 Å². The van der Waals surface area contributed by atoms with E-state index in [-0.39, 0.29) is 5.91 Å². The van der Waals surface area contributed by atoms with Gasteiger partial charge in [0, 0.05) is 6.54 Å². The summed E-state index contributed by atoms with van der Waals surface area (Å²) in [4.78, 5) is 12.5. The van der Waals surface area contributed by atoms with Crippen molar-refractivity contribution in [1.29, 1.82) is 0 Å². The molecule has 0 radical (unpaired) electrons. The van der Waals surface area contributed by atoms with Crippen molar-refractivity contribution >= 4 is 17.7 Å². The highest BCUT2D eigenvalue weighted by Crippen LogP contribution is 2.59. The quantitative estimate of drug-likeness (QED) is 0.773. The van der Waals surface area contributed by atoms with E-state index in [9.17, 15) is 4.79 Å². The van der Waals surface area contributed by atoms with Crippen LogP contribution in [0.25, 0.3) is 0 Å². The van der Waals surface area contributed by atoms with Crippen LogP contribution in [0.5, 0.6) is 0 Å². The van der Waals surface area contributed by atoms with E-state index in [0.29, 0.717) is 17.2 Å². The fourth-order valence-corrected chi connectivity index (χ4v) is 7.41. The number of carbonyl (C=O) groups excluding carboxylic acids is 1. The van der Waals surface area contributed by atoms with E-state index >= 15 is 0 Å². The largest absolute Gasteiger partial charge is 0.355 e. The molecule has 1 aromatic heterocycles. The van der Waals surface area contributed by atoms with Crippen molar-refractivity contribution in [3.8, 4) is 0 Å². The highest BCUT2D eigenvalue weighted by molar-refractivity contribution is 7.99. The third kappa shape index (κ3) is 3.27. The Balaban J connectivity index is 1.14. The first kappa shape index (κ1) is 17.0. The highest BCUT2D eigenvalue weighted by atomic mass is 32.2. The fraction of sp³-hybridized carbons (Fsp3) is 0.895. The van der Waals surface area contributed by atoms with E-state index in [1.807, 2.05) is 4.68 Å². The number of nitrogens with zero attached hydrogens (tertiary/aromatic N) is 4. The minimum Gasteiger partial charge on any atom is -0.355 e. The van der Waals surface area contributed by atoms with Crippen LogP contribution in [0, 0.1) is 23.2 Å². The second-order valence-electron chi connectivity index (χ2n) is 9.33. The molecule has 0 unspecified atom stereocenters. The molecule has 0 atom stereocenters. The van der Waals surface area contributed by atoms with Crippen molar-refractivity contribution in [2.45, 2.75) is 75.4 Å². The lowest BCUT2D eigenvalue weighted by atomic mass is 9.49. The molecule has 0 spiro atoms. The number of rotatable bonds is 6. The molecule has 1 heterocycles. The predicted molar refractivity (Wildman–Crippen MR) is 99.7 cm³/mol. The van der Waals surface area contributed by atoms with Gasteiger partial charge in [-0.2, -0.15) is 0 Å². The van der Waals surface area contributed by atoms with E-state index in [4.69, 9.17) is 0 Å². The van der Waals surface area contributed by atoms with E-state index in [0.717, 1.165) is 42.3 Å². The summed E-state index contributed by atoms with van der Waals surface area (Å²) >= 11 is 1.48. The van der Waals surface area contributed by atoms with Gasteiger partial charge in [-0.15, -0.1) is 5.10 Å². The van der Waals surface area contributed by atoms with Crippen LogP contribution >= 0.6 is 11.8 Å². The fourth-order valence-electron chi connectivity index (χ4n) is 6.63. The number of carbonyl (C=O) groups is 1. The van der Waals surface area contributed by atoms with Gasteiger partial charge in [-0.1, -0.05) is 24.6 Å². The van der Waals surface area contributed by atoms with Gasteiger partial charge >= 0.3 is 0 Å². The number of hydrogen-bond donors (Lipinski definition) is 1. The first-order valence-corrected chi connectivity index (χ1v) is 11.3. The molecule has 6 nitrogen and oxygen atoms in total. The number of tetrazole rings is 1. The van der Waals surface area contributed by atoms with Gasteiger partial charge in [0.15, 0.2) is 0 Å². The van der Waals surface area contributed by atoms with Gasteiger partial charge in [0.1, 0.15) is 0 Å². The van der Waals surface area contributed by atoms with Crippen LogP contribution < -0.4 is 5.32 Å². The van der Waals surface area contributed by atoms with Crippen LogP contribution in [0.4, 0.5) is 0 Å². The Morgan fingerprint density at radius 2 is 1.77 bits per heavy atom. The van der Waals surface area contributed by atoms with Gasteiger partial charge in [-0.05, 0) is 85.0 Å². The van der Waals surface area contributed by atoms with Crippen LogP contribution in [0.15, 0.2) is 5.16 Å². The molecule has 5 saturated carbocycles. The van der Waals surface area contributed by atoms with E-state index < -0.39 is 0 Å². The zero-order valence-electron chi connectivity index (χ0n) is 15.4. The van der Waals surface area contributed by atoms with E-state index in [1.165, 1.54) is 63.1 Å². The van der Waals surface area contributed by atoms with Crippen LogP contribution in [0.2, 0.25) is 0 Å². The maximum atomic E-state index is 12.5. The Morgan fingerprint density at radius 3 is 2.42 bits per heavy atom. The van der Waals surface area contributed by atoms with Gasteiger partial charge in [-0.3, -0.25) is 4.79 Å². The van der Waals surface area contributed by atoms with Crippen LogP contribution in [-0.2, 0) is 4.79 Å². The highest BCUT2D eigenvalue weighted by Gasteiger charge is 2.50. The topological polar surface area (TPSA) is 72.7 Å². The lowest BCUT2D eigenvalue weighted by molar-refractivity contribution is -0.120. The van der Waals surface area contributed by atoms with Gasteiger partial charge in [0.25, 0.3) is 0 Å². The summed E-state index contributed by atoms with van der Waals surface area (Å²) in [6, 6.07) is 0.419. The van der Waals surface area contributed by atoms with Gasteiger partial charge in [-0.25, -0.2) is 4.68 Å². The van der Waals surface area contributed by atoms with Crippen molar-refractivity contribution in [2.75, 3.05) is 12.3 Å². The van der Waals surface area contributed by atoms with Crippen LogP contribution in [0.1, 0.15) is 70.3 Å². The number of amides is 1. The summed E-state index contributed by atoms with van der Waals surface area (Å²) in [5, 5.41) is 16.2. The Kier molecular flexibility index (Phi) is 4.45. The summed E-state index contributed by atoms with van der Waals surface area (Å²) in [7, 11) is 0. The molecule has 7 heteroatoms. The third-order valence-electron chi connectivity index (χ3n) is 7.29. The molecule has 0 aromatic carbocycles. The standard InChI is InChI=1S/C19H29N5OS/c25-17(11-26-18-21-22-23-24(18)16-3-1-2-4-16)20-12-19-8-13-5-14(9-19)7-15(6-13)10-19/h13-16H,1-12H2,(H,20,25). The second kappa shape index (κ2) is 6.80. The molecular weight excluding hydrogens is 346 g/mol. The molecular formula is C19H29N5OS. The summed E-state index contributed by atoms with van der Waals surface area (Å²) in [5.41, 5.74) is 0.403. The smallest absolute Gasteiger partial charge is 0.230 e. The average Bonchev–Trinajstić information content (AvgIpc) is 3.28. The number of nitrogens with one attached hydrogen (secondary N) is 1. The summed E-state index contributed by atoms with van der Waals surface area (Å²) in [6.45, 7) is 0.878. The molecule has 1 aromatic rings. The number of aromatic nitrogens is 4. The predicted octanol–water partition coefficient (Wildman–Crippen LogP) is 3.21. The maximum Gasteiger partial charge on any atom is 0.230 e. The van der Waals surface area contributed by atoms with Crippen molar-refractivity contribution in [2.24, 2.45) is 23.2 Å². The molecule has 5 fully saturated rings. The monoisotopic (exact) mass is 375 g/mol. The van der Waals surface area contributed by atoms with Crippen molar-refractivity contribution in [3.63, 3.8) is 0 Å². The summed E-state index contributed by atoms with van der Waals surface area (Å²) < 4.78 is 1.93. The van der Waals surface area contributed by atoms with Crippen molar-refractivity contribution in [3.05, 3.63) is 0 Å². The number of thioether (sulfide) groups is 1. The molecule has 1 amide bonds.